The highest BCUT2D eigenvalue weighted by molar-refractivity contribution is 5.90. The number of hydrogen-bond donors (Lipinski definition) is 0. The minimum Gasteiger partial charge on any atom is -0.345 e. The Balaban J connectivity index is 1.12. The van der Waals surface area contributed by atoms with Crippen molar-refractivity contribution in [1.82, 2.24) is 0 Å². The Morgan fingerprint density at radius 1 is 0.711 bits per heavy atom. The van der Waals surface area contributed by atoms with E-state index >= 15 is 0 Å². The smallest absolute Gasteiger partial charge is 0.331 e. The lowest BCUT2D eigenvalue weighted by atomic mass is 9.56. The Morgan fingerprint density at radius 2 is 1.24 bits per heavy atom. The number of rotatable bonds is 4. The van der Waals surface area contributed by atoms with Crippen molar-refractivity contribution in [3.63, 3.8) is 0 Å². The van der Waals surface area contributed by atoms with Crippen molar-refractivity contribution < 1.29 is 48.1 Å². The highest BCUT2D eigenvalue weighted by Gasteiger charge is 2.71. The molecular formula is C34H51NO10. The number of ether oxygens (including phenoxy) is 4. The van der Waals surface area contributed by atoms with Crippen LogP contribution in [-0.2, 0) is 48.1 Å². The van der Waals surface area contributed by atoms with Crippen LogP contribution in [0.5, 0.6) is 0 Å². The van der Waals surface area contributed by atoms with Gasteiger partial charge in [0.1, 0.15) is 6.10 Å². The molecular weight excluding hydrogens is 582 g/mol. The number of hydrogen-bond acceptors (Lipinski definition) is 11. The van der Waals surface area contributed by atoms with Crippen LogP contribution < -0.4 is 0 Å². The summed E-state index contributed by atoms with van der Waals surface area (Å²) in [5.41, 5.74) is -0.690. The Labute approximate surface area is 266 Å². The number of carbonyl (C=O) groups excluding carboxylic acids is 1. The molecule has 10 rings (SSSR count). The third-order valence-electron chi connectivity index (χ3n) is 13.5. The molecule has 2 spiro atoms. The molecule has 0 N–H and O–H groups in total. The lowest BCUT2D eigenvalue weighted by molar-refractivity contribution is -0.571. The van der Waals surface area contributed by atoms with E-state index in [9.17, 15) is 4.79 Å². The van der Waals surface area contributed by atoms with Gasteiger partial charge in [-0.1, -0.05) is 32.9 Å². The summed E-state index contributed by atoms with van der Waals surface area (Å²) in [7, 11) is 0. The molecule has 4 bridgehead atoms. The molecule has 10 fully saturated rings. The van der Waals surface area contributed by atoms with Crippen molar-refractivity contribution >= 4 is 11.7 Å². The van der Waals surface area contributed by atoms with Crippen molar-refractivity contribution in [1.29, 1.82) is 0 Å². The molecule has 2 saturated carbocycles. The molecule has 8 aliphatic heterocycles. The molecule has 11 nitrogen and oxygen atoms in total. The molecule has 8 saturated heterocycles. The number of nitrogens with zero attached hydrogens (tertiary/aromatic N) is 1. The Hall–Kier alpha value is -1.18. The fraction of sp³-hybridized carbons (Fsp3) is 0.941. The zero-order chi connectivity index (χ0) is 31.5. The fourth-order valence-electron chi connectivity index (χ4n) is 11.0. The number of carbonyl (C=O) groups is 1. The molecule has 10 aliphatic rings. The second-order valence-electron chi connectivity index (χ2n) is 16.1. The van der Waals surface area contributed by atoms with Crippen molar-refractivity contribution in [2.75, 3.05) is 0 Å². The molecule has 11 heteroatoms. The van der Waals surface area contributed by atoms with Gasteiger partial charge in [0, 0.05) is 38.0 Å². The van der Waals surface area contributed by atoms with Crippen molar-refractivity contribution in [2.45, 2.75) is 154 Å². The largest absolute Gasteiger partial charge is 0.345 e. The van der Waals surface area contributed by atoms with Gasteiger partial charge in [0.15, 0.2) is 23.8 Å². The Bertz CT molecular complexity index is 1230. The van der Waals surface area contributed by atoms with Crippen LogP contribution in [0.25, 0.3) is 0 Å². The average molecular weight is 634 g/mol. The minimum atomic E-state index is -0.881. The third-order valence-corrected chi connectivity index (χ3v) is 13.5. The lowest BCUT2D eigenvalue weighted by Crippen LogP contribution is -2.71. The van der Waals surface area contributed by atoms with E-state index in [1.165, 1.54) is 6.92 Å². The minimum absolute atomic E-state index is 0.00570. The predicted molar refractivity (Wildman–Crippen MR) is 157 cm³/mol. The molecule has 0 aromatic heterocycles. The maximum absolute atomic E-state index is 12.1. The molecule has 252 valence electrons. The molecule has 0 radical (unpaired) electrons. The summed E-state index contributed by atoms with van der Waals surface area (Å²) < 4.78 is 27.1. The number of fused-ring (bicyclic) bond motifs is 4. The van der Waals surface area contributed by atoms with Gasteiger partial charge in [-0.25, -0.2) is 24.3 Å². The van der Waals surface area contributed by atoms with E-state index in [1.807, 2.05) is 13.8 Å². The van der Waals surface area contributed by atoms with Gasteiger partial charge in [-0.3, -0.25) is 0 Å². The number of oxime groups is 1. The topological polar surface area (TPSA) is 113 Å². The third kappa shape index (κ3) is 4.51. The van der Waals surface area contributed by atoms with Gasteiger partial charge in [0.05, 0.1) is 11.8 Å². The highest BCUT2D eigenvalue weighted by atomic mass is 17.3. The van der Waals surface area contributed by atoms with E-state index in [0.29, 0.717) is 24.0 Å². The lowest BCUT2D eigenvalue weighted by Gasteiger charge is -2.61. The second-order valence-corrected chi connectivity index (χ2v) is 16.1. The monoisotopic (exact) mass is 633 g/mol. The van der Waals surface area contributed by atoms with E-state index < -0.39 is 47.4 Å². The first-order valence-corrected chi connectivity index (χ1v) is 17.5. The molecule has 8 heterocycles. The van der Waals surface area contributed by atoms with Gasteiger partial charge in [-0.15, -0.1) is 0 Å². The van der Waals surface area contributed by atoms with E-state index in [1.54, 1.807) is 0 Å². The van der Waals surface area contributed by atoms with Crippen LogP contribution >= 0.6 is 0 Å². The van der Waals surface area contributed by atoms with Gasteiger partial charge < -0.3 is 23.8 Å². The van der Waals surface area contributed by atoms with Crippen molar-refractivity contribution in [3.05, 3.63) is 0 Å². The van der Waals surface area contributed by atoms with Crippen LogP contribution in [0, 0.1) is 47.3 Å². The summed E-state index contributed by atoms with van der Waals surface area (Å²) in [6.07, 6.45) is 6.16. The van der Waals surface area contributed by atoms with Gasteiger partial charge in [-0.05, 0) is 87.9 Å². The maximum atomic E-state index is 12.1. The Morgan fingerprint density at radius 3 is 1.80 bits per heavy atom. The van der Waals surface area contributed by atoms with Gasteiger partial charge in [0.2, 0.25) is 11.6 Å². The molecule has 0 unspecified atom stereocenters. The summed E-state index contributed by atoms with van der Waals surface area (Å²) >= 11 is 0. The van der Waals surface area contributed by atoms with Crippen LogP contribution in [0.1, 0.15) is 106 Å². The Kier molecular flexibility index (Phi) is 7.37. The first-order valence-electron chi connectivity index (χ1n) is 17.5. The SMILES string of the molecule is CC(=O)O/N=C(/C[C@H]1O[C@@H]2O[C@]3(C)CC[C@H]4[C@H](C)CC[C@@H]([C@H]1C)[C@@]24OO3)[C@H]1O[C@@H]2O[C@]3(C)CC[C@H]4[C@H](C)CC[C@@H]([C@H]1C)[C@@]24OO3. The van der Waals surface area contributed by atoms with Crippen molar-refractivity contribution in [2.24, 2.45) is 52.5 Å². The summed E-state index contributed by atoms with van der Waals surface area (Å²) in [5.74, 6) is -0.299. The van der Waals surface area contributed by atoms with Gasteiger partial charge in [-0.2, -0.15) is 0 Å². The zero-order valence-electron chi connectivity index (χ0n) is 27.8. The summed E-state index contributed by atoms with van der Waals surface area (Å²) in [4.78, 5) is 42.3. The van der Waals surface area contributed by atoms with Crippen LogP contribution in [0.15, 0.2) is 5.16 Å². The molecule has 0 amide bonds. The van der Waals surface area contributed by atoms with E-state index in [4.69, 9.17) is 43.3 Å². The molecule has 45 heavy (non-hydrogen) atoms. The summed E-state index contributed by atoms with van der Waals surface area (Å²) in [6.45, 7) is 14.3. The van der Waals surface area contributed by atoms with Gasteiger partial charge in [0.25, 0.3) is 0 Å². The predicted octanol–water partition coefficient (Wildman–Crippen LogP) is 5.80. The molecule has 0 aromatic rings. The molecule has 0 aromatic carbocycles. The standard InChI is InChI=1S/C34H51NO10/c1-17-8-10-24-19(3)27(37-29-33(24)22(17)12-14-31(6,39-29)42-44-33)16-26(35-41-21(5)36)28-20(4)25-11-9-18(2)23-13-15-32(7)40-30(38-28)34(23,25)45-43-32/h17-20,22-25,27-30H,8-16H2,1-7H3/b35-26-/t17-,18-,19-,20-,22+,23+,24+,25+,27-,28+,29-,30-,31+,32+,33-,34-/m1/s1. The summed E-state index contributed by atoms with van der Waals surface area (Å²) in [6, 6.07) is 0. The summed E-state index contributed by atoms with van der Waals surface area (Å²) in [5, 5.41) is 4.50. The normalized spacial score (nSPS) is 56.9. The van der Waals surface area contributed by atoms with E-state index in [2.05, 4.69) is 32.9 Å². The van der Waals surface area contributed by atoms with Crippen LogP contribution in [0.2, 0.25) is 0 Å². The second kappa shape index (κ2) is 10.7. The molecule has 2 aliphatic carbocycles. The van der Waals surface area contributed by atoms with E-state index in [0.717, 1.165) is 51.4 Å². The maximum Gasteiger partial charge on any atom is 0.331 e. The van der Waals surface area contributed by atoms with E-state index in [-0.39, 0.29) is 41.6 Å². The van der Waals surface area contributed by atoms with Crippen molar-refractivity contribution in [3.8, 4) is 0 Å². The first kappa shape index (κ1) is 31.1. The first-order chi connectivity index (χ1) is 21.4. The zero-order valence-corrected chi connectivity index (χ0v) is 27.8. The van der Waals surface area contributed by atoms with Crippen LogP contribution in [0.4, 0.5) is 0 Å². The quantitative estimate of drug-likeness (QED) is 0.163. The molecule has 16 atom stereocenters. The van der Waals surface area contributed by atoms with Crippen LogP contribution in [0.3, 0.4) is 0 Å². The fourth-order valence-corrected chi connectivity index (χ4v) is 11.0. The van der Waals surface area contributed by atoms with Gasteiger partial charge >= 0.3 is 5.97 Å². The average Bonchev–Trinajstić information content (AvgIpc) is 3.37. The van der Waals surface area contributed by atoms with Crippen LogP contribution in [-0.4, -0.2) is 59.2 Å². The highest BCUT2D eigenvalue weighted by Crippen LogP contribution is 2.63.